The molecular formula is C18H30N2O2. The third kappa shape index (κ3) is 5.59. The first-order valence-corrected chi connectivity index (χ1v) is 8.45. The second-order valence-electron chi connectivity index (χ2n) is 6.53. The van der Waals surface area contributed by atoms with Crippen molar-refractivity contribution in [1.29, 1.82) is 0 Å². The van der Waals surface area contributed by atoms with E-state index in [-0.39, 0.29) is 18.2 Å². The van der Waals surface area contributed by atoms with E-state index in [9.17, 15) is 5.11 Å². The third-order valence-electron chi connectivity index (χ3n) is 4.08. The van der Waals surface area contributed by atoms with Crippen LogP contribution in [0.1, 0.15) is 45.2 Å². The third-order valence-corrected chi connectivity index (χ3v) is 4.08. The molecule has 0 radical (unpaired) electrons. The van der Waals surface area contributed by atoms with Gasteiger partial charge in [0.2, 0.25) is 0 Å². The van der Waals surface area contributed by atoms with Gasteiger partial charge in [0.15, 0.2) is 0 Å². The number of likely N-dealkylation sites (tertiary alicyclic amines) is 1. The summed E-state index contributed by atoms with van der Waals surface area (Å²) in [5.41, 5.74) is 1.21. The van der Waals surface area contributed by atoms with Crippen LogP contribution in [0.15, 0.2) is 24.3 Å². The molecule has 4 nitrogen and oxygen atoms in total. The summed E-state index contributed by atoms with van der Waals surface area (Å²) in [7, 11) is 0. The normalized spacial score (nSPS) is 18.6. The predicted octanol–water partition coefficient (Wildman–Crippen LogP) is 2.58. The van der Waals surface area contributed by atoms with Gasteiger partial charge >= 0.3 is 0 Å². The molecule has 0 bridgehead atoms. The van der Waals surface area contributed by atoms with Crippen LogP contribution in [0.5, 0.6) is 5.75 Å². The Labute approximate surface area is 134 Å². The van der Waals surface area contributed by atoms with Crippen LogP contribution in [-0.2, 0) is 0 Å². The van der Waals surface area contributed by atoms with Crippen LogP contribution in [0, 0.1) is 0 Å². The molecule has 1 aromatic carbocycles. The van der Waals surface area contributed by atoms with Crippen LogP contribution < -0.4 is 10.1 Å². The summed E-state index contributed by atoms with van der Waals surface area (Å²) in [5.74, 6) is 0.903. The number of β-amino-alcohol motifs (C(OH)–C–C–N with tert-alkyl or cyclic N) is 1. The Balaban J connectivity index is 1.74. The maximum Gasteiger partial charge on any atom is 0.119 e. The molecule has 22 heavy (non-hydrogen) atoms. The van der Waals surface area contributed by atoms with Gasteiger partial charge in [-0.05, 0) is 64.4 Å². The minimum absolute atomic E-state index is 0.196. The number of aliphatic hydroxyl groups is 1. The molecule has 0 aromatic heterocycles. The fourth-order valence-electron chi connectivity index (χ4n) is 2.87. The van der Waals surface area contributed by atoms with E-state index < -0.39 is 0 Å². The molecule has 124 valence electrons. The molecule has 2 unspecified atom stereocenters. The minimum atomic E-state index is -0.302. The largest absolute Gasteiger partial charge is 0.491 e. The zero-order valence-corrected chi connectivity index (χ0v) is 14.1. The van der Waals surface area contributed by atoms with E-state index in [2.05, 4.69) is 29.3 Å². The van der Waals surface area contributed by atoms with E-state index >= 15 is 0 Å². The fourth-order valence-corrected chi connectivity index (χ4v) is 2.87. The van der Waals surface area contributed by atoms with Gasteiger partial charge in [0.05, 0.1) is 12.2 Å². The number of aliphatic hydroxyl groups excluding tert-OH is 1. The molecule has 0 aliphatic carbocycles. The summed E-state index contributed by atoms with van der Waals surface area (Å²) in [6.07, 6.45) is 2.43. The van der Waals surface area contributed by atoms with Crippen LogP contribution >= 0.6 is 0 Å². The predicted molar refractivity (Wildman–Crippen MR) is 90.3 cm³/mol. The van der Waals surface area contributed by atoms with Crippen molar-refractivity contribution in [3.05, 3.63) is 29.8 Å². The van der Waals surface area contributed by atoms with Gasteiger partial charge in [-0.15, -0.1) is 0 Å². The van der Waals surface area contributed by atoms with Crippen molar-refractivity contribution in [1.82, 2.24) is 10.2 Å². The Kier molecular flexibility index (Phi) is 6.68. The zero-order chi connectivity index (χ0) is 15.9. The number of nitrogens with zero attached hydrogens (tertiary/aromatic N) is 1. The average molecular weight is 306 g/mol. The lowest BCUT2D eigenvalue weighted by molar-refractivity contribution is 0.121. The van der Waals surface area contributed by atoms with Gasteiger partial charge in [-0.2, -0.15) is 0 Å². The number of nitrogens with one attached hydrogen (secondary N) is 1. The smallest absolute Gasteiger partial charge is 0.119 e. The summed E-state index contributed by atoms with van der Waals surface area (Å²) in [5, 5.41) is 13.5. The van der Waals surface area contributed by atoms with Crippen LogP contribution in [0.4, 0.5) is 0 Å². The summed E-state index contributed by atoms with van der Waals surface area (Å²) >= 11 is 0. The van der Waals surface area contributed by atoms with Gasteiger partial charge < -0.3 is 20.1 Å². The highest BCUT2D eigenvalue weighted by Gasteiger charge is 2.16. The van der Waals surface area contributed by atoms with Gasteiger partial charge in [0, 0.05) is 19.1 Å². The summed E-state index contributed by atoms with van der Waals surface area (Å²) < 4.78 is 5.66. The lowest BCUT2D eigenvalue weighted by Crippen LogP contribution is -2.37. The van der Waals surface area contributed by atoms with Crippen molar-refractivity contribution in [3.63, 3.8) is 0 Å². The maximum absolute atomic E-state index is 10.1. The monoisotopic (exact) mass is 306 g/mol. The highest BCUT2D eigenvalue weighted by Crippen LogP contribution is 2.18. The number of ether oxygens (including phenoxy) is 1. The van der Waals surface area contributed by atoms with Crippen molar-refractivity contribution >= 4 is 0 Å². The van der Waals surface area contributed by atoms with Gasteiger partial charge in [0.25, 0.3) is 0 Å². The molecule has 1 aromatic rings. The molecular weight excluding hydrogens is 276 g/mol. The van der Waals surface area contributed by atoms with Crippen LogP contribution in [0.25, 0.3) is 0 Å². The number of hydrogen-bond donors (Lipinski definition) is 2. The molecule has 2 N–H and O–H groups in total. The van der Waals surface area contributed by atoms with Crippen LogP contribution in [-0.4, -0.2) is 48.4 Å². The van der Waals surface area contributed by atoms with Crippen molar-refractivity contribution in [2.75, 3.05) is 26.2 Å². The standard InChI is InChI=1S/C18H30N2O2/c1-14(2)22-18-8-6-16(7-9-18)15(3)19-12-17(21)13-20-10-4-5-11-20/h6-9,14-15,17,19,21H,4-5,10-13H2,1-3H3. The topological polar surface area (TPSA) is 44.7 Å². The molecule has 0 spiro atoms. The molecule has 1 aliphatic rings. The lowest BCUT2D eigenvalue weighted by atomic mass is 10.1. The highest BCUT2D eigenvalue weighted by molar-refractivity contribution is 5.29. The Morgan fingerprint density at radius 3 is 2.36 bits per heavy atom. The molecule has 2 atom stereocenters. The molecule has 1 heterocycles. The zero-order valence-electron chi connectivity index (χ0n) is 14.1. The summed E-state index contributed by atoms with van der Waals surface area (Å²) in [4.78, 5) is 2.34. The minimum Gasteiger partial charge on any atom is -0.491 e. The fraction of sp³-hybridized carbons (Fsp3) is 0.667. The van der Waals surface area contributed by atoms with E-state index in [1.807, 2.05) is 26.0 Å². The summed E-state index contributed by atoms with van der Waals surface area (Å²) in [6, 6.07) is 8.41. The molecule has 1 saturated heterocycles. The van der Waals surface area contributed by atoms with E-state index in [4.69, 9.17) is 4.74 Å². The van der Waals surface area contributed by atoms with Gasteiger partial charge in [-0.1, -0.05) is 12.1 Å². The van der Waals surface area contributed by atoms with Crippen molar-refractivity contribution < 1.29 is 9.84 Å². The Morgan fingerprint density at radius 2 is 1.77 bits per heavy atom. The summed E-state index contributed by atoms with van der Waals surface area (Å²) in [6.45, 7) is 9.84. The highest BCUT2D eigenvalue weighted by atomic mass is 16.5. The second kappa shape index (κ2) is 8.51. The number of hydrogen-bond acceptors (Lipinski definition) is 4. The molecule has 4 heteroatoms. The SMILES string of the molecule is CC(C)Oc1ccc(C(C)NCC(O)CN2CCCC2)cc1. The second-order valence-corrected chi connectivity index (χ2v) is 6.53. The van der Waals surface area contributed by atoms with E-state index in [0.29, 0.717) is 6.54 Å². The molecule has 1 aliphatic heterocycles. The Bertz CT molecular complexity index is 427. The van der Waals surface area contributed by atoms with Crippen molar-refractivity contribution in [2.45, 2.75) is 51.9 Å². The van der Waals surface area contributed by atoms with Crippen molar-refractivity contribution in [2.24, 2.45) is 0 Å². The number of rotatable bonds is 8. The molecule has 0 amide bonds. The molecule has 1 fully saturated rings. The van der Waals surface area contributed by atoms with Crippen LogP contribution in [0.3, 0.4) is 0 Å². The van der Waals surface area contributed by atoms with Gasteiger partial charge in [0.1, 0.15) is 5.75 Å². The Hall–Kier alpha value is -1.10. The molecule has 0 saturated carbocycles. The van der Waals surface area contributed by atoms with Crippen LogP contribution in [0.2, 0.25) is 0 Å². The molecule has 2 rings (SSSR count). The van der Waals surface area contributed by atoms with Gasteiger partial charge in [-0.25, -0.2) is 0 Å². The maximum atomic E-state index is 10.1. The van der Waals surface area contributed by atoms with E-state index in [1.165, 1.54) is 18.4 Å². The first kappa shape index (κ1) is 17.3. The first-order chi connectivity index (χ1) is 10.5. The quantitative estimate of drug-likeness (QED) is 0.775. The number of benzene rings is 1. The van der Waals surface area contributed by atoms with Crippen molar-refractivity contribution in [3.8, 4) is 5.75 Å². The Morgan fingerprint density at radius 1 is 1.14 bits per heavy atom. The first-order valence-electron chi connectivity index (χ1n) is 8.45. The lowest BCUT2D eigenvalue weighted by Gasteiger charge is -2.22. The van der Waals surface area contributed by atoms with Gasteiger partial charge in [-0.3, -0.25) is 0 Å². The average Bonchev–Trinajstić information content (AvgIpc) is 2.98. The van der Waals surface area contributed by atoms with E-state index in [0.717, 1.165) is 25.4 Å². The van der Waals surface area contributed by atoms with E-state index in [1.54, 1.807) is 0 Å².